The SMILES string of the molecule is CCCC(CC)Nc1ccc(Cl)c(C(=O)OC)c1. The van der Waals surface area contributed by atoms with Crippen LogP contribution >= 0.6 is 11.6 Å². The fourth-order valence-corrected chi connectivity index (χ4v) is 2.04. The lowest BCUT2D eigenvalue weighted by molar-refractivity contribution is 0.0601. The highest BCUT2D eigenvalue weighted by molar-refractivity contribution is 6.33. The van der Waals surface area contributed by atoms with Crippen molar-refractivity contribution in [3.8, 4) is 0 Å². The molecule has 1 aromatic carbocycles. The van der Waals surface area contributed by atoms with Gasteiger partial charge in [0.25, 0.3) is 0 Å². The van der Waals surface area contributed by atoms with E-state index in [1.807, 2.05) is 6.07 Å². The van der Waals surface area contributed by atoms with Crippen LogP contribution in [0.4, 0.5) is 5.69 Å². The number of carbonyl (C=O) groups excluding carboxylic acids is 1. The van der Waals surface area contributed by atoms with Crippen molar-refractivity contribution in [3.63, 3.8) is 0 Å². The van der Waals surface area contributed by atoms with Gasteiger partial charge in [-0.15, -0.1) is 0 Å². The molecule has 1 rings (SSSR count). The molecule has 0 heterocycles. The topological polar surface area (TPSA) is 38.3 Å². The first kappa shape index (κ1) is 14.8. The summed E-state index contributed by atoms with van der Waals surface area (Å²) in [7, 11) is 1.35. The van der Waals surface area contributed by atoms with Crippen LogP contribution in [0.1, 0.15) is 43.5 Å². The molecule has 0 aliphatic carbocycles. The highest BCUT2D eigenvalue weighted by Crippen LogP contribution is 2.22. The Morgan fingerprint density at radius 1 is 1.44 bits per heavy atom. The lowest BCUT2D eigenvalue weighted by Crippen LogP contribution is -2.18. The van der Waals surface area contributed by atoms with Gasteiger partial charge in [0.15, 0.2) is 0 Å². The Balaban J connectivity index is 2.87. The number of ether oxygens (including phenoxy) is 1. The van der Waals surface area contributed by atoms with Crippen LogP contribution in [0.15, 0.2) is 18.2 Å². The number of benzene rings is 1. The van der Waals surface area contributed by atoms with Gasteiger partial charge in [-0.3, -0.25) is 0 Å². The third-order valence-electron chi connectivity index (χ3n) is 2.87. The predicted molar refractivity (Wildman–Crippen MR) is 75.4 cm³/mol. The standard InChI is InChI=1S/C14H20ClNO2/c1-4-6-10(5-2)16-11-7-8-13(15)12(9-11)14(17)18-3/h7-10,16H,4-6H2,1-3H3. The molecule has 0 radical (unpaired) electrons. The Morgan fingerprint density at radius 3 is 2.72 bits per heavy atom. The van der Waals surface area contributed by atoms with Crippen LogP contribution in [0, 0.1) is 0 Å². The van der Waals surface area contributed by atoms with E-state index in [0.717, 1.165) is 24.9 Å². The molecule has 1 atom stereocenters. The summed E-state index contributed by atoms with van der Waals surface area (Å²) in [6.45, 7) is 4.30. The summed E-state index contributed by atoms with van der Waals surface area (Å²) < 4.78 is 4.70. The number of anilines is 1. The molecule has 4 heteroatoms. The van der Waals surface area contributed by atoms with Gasteiger partial charge in [-0.05, 0) is 31.0 Å². The molecule has 0 saturated heterocycles. The van der Waals surface area contributed by atoms with Gasteiger partial charge in [0, 0.05) is 11.7 Å². The third-order valence-corrected chi connectivity index (χ3v) is 3.20. The Hall–Kier alpha value is -1.22. The minimum Gasteiger partial charge on any atom is -0.465 e. The zero-order valence-electron chi connectivity index (χ0n) is 11.1. The molecular weight excluding hydrogens is 250 g/mol. The summed E-state index contributed by atoms with van der Waals surface area (Å²) in [6, 6.07) is 5.76. The van der Waals surface area contributed by atoms with Crippen molar-refractivity contribution in [2.24, 2.45) is 0 Å². The Morgan fingerprint density at radius 2 is 2.17 bits per heavy atom. The van der Waals surface area contributed by atoms with Crippen LogP contribution in [-0.4, -0.2) is 19.1 Å². The van der Waals surface area contributed by atoms with Gasteiger partial charge in [-0.1, -0.05) is 31.9 Å². The van der Waals surface area contributed by atoms with Crippen molar-refractivity contribution in [3.05, 3.63) is 28.8 Å². The minimum absolute atomic E-state index is 0.399. The second-order valence-corrected chi connectivity index (χ2v) is 4.63. The zero-order chi connectivity index (χ0) is 13.5. The summed E-state index contributed by atoms with van der Waals surface area (Å²) in [5.74, 6) is -0.410. The average molecular weight is 270 g/mol. The molecule has 1 N–H and O–H groups in total. The first-order valence-corrected chi connectivity index (χ1v) is 6.64. The minimum atomic E-state index is -0.410. The monoisotopic (exact) mass is 269 g/mol. The highest BCUT2D eigenvalue weighted by atomic mass is 35.5. The van der Waals surface area contributed by atoms with E-state index in [1.54, 1.807) is 12.1 Å². The van der Waals surface area contributed by atoms with E-state index in [-0.39, 0.29) is 0 Å². The number of esters is 1. The summed E-state index contributed by atoms with van der Waals surface area (Å²) in [5, 5.41) is 3.82. The maximum Gasteiger partial charge on any atom is 0.339 e. The van der Waals surface area contributed by atoms with Crippen molar-refractivity contribution >= 4 is 23.3 Å². The van der Waals surface area contributed by atoms with Gasteiger partial charge in [-0.2, -0.15) is 0 Å². The Bertz CT molecular complexity index is 407. The van der Waals surface area contributed by atoms with Crippen LogP contribution < -0.4 is 5.32 Å². The van der Waals surface area contributed by atoms with E-state index >= 15 is 0 Å². The van der Waals surface area contributed by atoms with Crippen LogP contribution in [0.2, 0.25) is 5.02 Å². The lowest BCUT2D eigenvalue weighted by atomic mass is 10.1. The molecule has 0 aliphatic rings. The number of nitrogens with one attached hydrogen (secondary N) is 1. The third kappa shape index (κ3) is 3.91. The molecule has 18 heavy (non-hydrogen) atoms. The van der Waals surface area contributed by atoms with Crippen LogP contribution in [0.3, 0.4) is 0 Å². The largest absolute Gasteiger partial charge is 0.465 e. The van der Waals surface area contributed by atoms with Crippen molar-refractivity contribution in [2.75, 3.05) is 12.4 Å². The molecule has 1 aromatic rings. The van der Waals surface area contributed by atoms with Crippen molar-refractivity contribution < 1.29 is 9.53 Å². The van der Waals surface area contributed by atoms with E-state index in [2.05, 4.69) is 19.2 Å². The molecule has 1 unspecified atom stereocenters. The normalized spacial score (nSPS) is 12.0. The predicted octanol–water partition coefficient (Wildman–Crippen LogP) is 4.12. The molecule has 0 amide bonds. The maximum atomic E-state index is 11.5. The molecule has 0 fully saturated rings. The van der Waals surface area contributed by atoms with Crippen LogP contribution in [-0.2, 0) is 4.74 Å². The molecule has 0 spiro atoms. The molecule has 0 bridgehead atoms. The first-order valence-electron chi connectivity index (χ1n) is 6.26. The van der Waals surface area contributed by atoms with Crippen LogP contribution in [0.25, 0.3) is 0 Å². The summed E-state index contributed by atoms with van der Waals surface area (Å²) >= 11 is 5.97. The van der Waals surface area contributed by atoms with Crippen LogP contribution in [0.5, 0.6) is 0 Å². The fourth-order valence-electron chi connectivity index (χ4n) is 1.84. The number of rotatable bonds is 6. The second kappa shape index (κ2) is 7.27. The molecule has 0 aromatic heterocycles. The summed E-state index contributed by atoms with van der Waals surface area (Å²) in [4.78, 5) is 11.5. The number of halogens is 1. The van der Waals surface area contributed by atoms with Gasteiger partial charge < -0.3 is 10.1 Å². The number of methoxy groups -OCH3 is 1. The molecule has 0 aliphatic heterocycles. The maximum absolute atomic E-state index is 11.5. The number of hydrogen-bond donors (Lipinski definition) is 1. The highest BCUT2D eigenvalue weighted by Gasteiger charge is 2.12. The van der Waals surface area contributed by atoms with Crippen molar-refractivity contribution in [1.29, 1.82) is 0 Å². The van der Waals surface area contributed by atoms with Gasteiger partial charge in [-0.25, -0.2) is 4.79 Å². The van der Waals surface area contributed by atoms with E-state index in [4.69, 9.17) is 16.3 Å². The van der Waals surface area contributed by atoms with Gasteiger partial charge in [0.1, 0.15) is 0 Å². The van der Waals surface area contributed by atoms with Gasteiger partial charge in [0.2, 0.25) is 0 Å². The molecular formula is C14H20ClNO2. The Kier molecular flexibility index (Phi) is 5.99. The van der Waals surface area contributed by atoms with E-state index in [0.29, 0.717) is 16.6 Å². The quantitative estimate of drug-likeness (QED) is 0.790. The summed E-state index contributed by atoms with van der Waals surface area (Å²) in [5.41, 5.74) is 1.30. The molecule has 0 saturated carbocycles. The zero-order valence-corrected chi connectivity index (χ0v) is 11.9. The lowest BCUT2D eigenvalue weighted by Gasteiger charge is -2.18. The average Bonchev–Trinajstić information content (AvgIpc) is 2.39. The smallest absolute Gasteiger partial charge is 0.339 e. The number of hydrogen-bond acceptors (Lipinski definition) is 3. The number of carbonyl (C=O) groups is 1. The van der Waals surface area contributed by atoms with E-state index in [1.165, 1.54) is 7.11 Å². The van der Waals surface area contributed by atoms with Crippen molar-refractivity contribution in [1.82, 2.24) is 0 Å². The van der Waals surface area contributed by atoms with E-state index in [9.17, 15) is 4.79 Å². The molecule has 100 valence electrons. The summed E-state index contributed by atoms with van der Waals surface area (Å²) in [6.07, 6.45) is 3.28. The van der Waals surface area contributed by atoms with Crippen molar-refractivity contribution in [2.45, 2.75) is 39.2 Å². The Labute approximate surface area is 113 Å². The first-order chi connectivity index (χ1) is 8.62. The van der Waals surface area contributed by atoms with E-state index < -0.39 is 5.97 Å². The fraction of sp³-hybridized carbons (Fsp3) is 0.500. The van der Waals surface area contributed by atoms with Gasteiger partial charge in [0.05, 0.1) is 17.7 Å². The van der Waals surface area contributed by atoms with Gasteiger partial charge >= 0.3 is 5.97 Å². The second-order valence-electron chi connectivity index (χ2n) is 4.22. The molecule has 3 nitrogen and oxygen atoms in total.